The number of rotatable bonds is 7. The maximum atomic E-state index is 11.5. The molecule has 0 bridgehead atoms. The van der Waals surface area contributed by atoms with Gasteiger partial charge in [-0.2, -0.15) is 0 Å². The van der Waals surface area contributed by atoms with Crippen LogP contribution in [0.5, 0.6) is 0 Å². The molecule has 0 radical (unpaired) electrons. The molecule has 0 aliphatic heterocycles. The van der Waals surface area contributed by atoms with Crippen LogP contribution in [0.25, 0.3) is 0 Å². The molecule has 6 nitrogen and oxygen atoms in total. The Hall–Kier alpha value is -1.60. The van der Waals surface area contributed by atoms with E-state index in [0.717, 1.165) is 18.5 Å². The summed E-state index contributed by atoms with van der Waals surface area (Å²) >= 11 is 0. The average Bonchev–Trinajstić information content (AvgIpc) is 3.28. The van der Waals surface area contributed by atoms with Crippen molar-refractivity contribution in [3.05, 3.63) is 24.3 Å². The quantitative estimate of drug-likeness (QED) is 0.641. The smallest absolute Gasteiger partial charge is 0.240 e. The highest BCUT2D eigenvalue weighted by molar-refractivity contribution is 7.89. The Morgan fingerprint density at radius 2 is 1.85 bits per heavy atom. The van der Waals surface area contributed by atoms with E-state index >= 15 is 0 Å². The van der Waals surface area contributed by atoms with Crippen LogP contribution in [0.4, 0.5) is 5.69 Å². The minimum Gasteiger partial charge on any atom is -0.383 e. The number of hydrogen-bond donors (Lipinski definition) is 3. The zero-order valence-electron chi connectivity index (χ0n) is 11.3. The van der Waals surface area contributed by atoms with Gasteiger partial charge in [-0.15, -0.1) is 0 Å². The summed E-state index contributed by atoms with van der Waals surface area (Å²) < 4.78 is 25.3. The molecular weight excluding hydrogens is 278 g/mol. The Balaban J connectivity index is 1.77. The van der Waals surface area contributed by atoms with Gasteiger partial charge in [0, 0.05) is 24.7 Å². The molecular formula is C13H19N3O3S. The van der Waals surface area contributed by atoms with Gasteiger partial charge in [0.15, 0.2) is 0 Å². The van der Waals surface area contributed by atoms with Crippen molar-refractivity contribution in [2.75, 3.05) is 25.5 Å². The van der Waals surface area contributed by atoms with E-state index in [1.54, 1.807) is 12.1 Å². The lowest BCUT2D eigenvalue weighted by Gasteiger charge is -2.08. The standard InChI is InChI=1S/C13H19N3O3S/c1-14-20(18,19)12-6-4-11(5-7-12)15-8-9-16-13(17)10-2-3-10/h4-7,10,14-15H,2-3,8-9H2,1H3,(H,16,17). The van der Waals surface area contributed by atoms with E-state index in [9.17, 15) is 13.2 Å². The third kappa shape index (κ3) is 3.94. The van der Waals surface area contributed by atoms with Crippen LogP contribution in [0.2, 0.25) is 0 Å². The molecule has 0 aromatic heterocycles. The van der Waals surface area contributed by atoms with Crippen LogP contribution in [0, 0.1) is 5.92 Å². The number of benzene rings is 1. The number of carbonyl (C=O) groups excluding carboxylic acids is 1. The molecule has 0 spiro atoms. The van der Waals surface area contributed by atoms with Crippen LogP contribution >= 0.6 is 0 Å². The van der Waals surface area contributed by atoms with Gasteiger partial charge >= 0.3 is 0 Å². The summed E-state index contributed by atoms with van der Waals surface area (Å²) in [6, 6.07) is 6.48. The number of hydrogen-bond acceptors (Lipinski definition) is 4. The molecule has 1 aliphatic carbocycles. The predicted octanol–water partition coefficient (Wildman–Crippen LogP) is 0.533. The fourth-order valence-corrected chi connectivity index (χ4v) is 2.48. The molecule has 0 saturated heterocycles. The minimum absolute atomic E-state index is 0.127. The first kappa shape index (κ1) is 14.8. The van der Waals surface area contributed by atoms with Gasteiger partial charge in [-0.25, -0.2) is 13.1 Å². The van der Waals surface area contributed by atoms with Crippen molar-refractivity contribution in [3.63, 3.8) is 0 Å². The third-order valence-electron chi connectivity index (χ3n) is 3.13. The summed E-state index contributed by atoms with van der Waals surface area (Å²) in [5, 5.41) is 5.98. The summed E-state index contributed by atoms with van der Waals surface area (Å²) in [6.45, 7) is 1.17. The molecule has 0 heterocycles. The highest BCUT2D eigenvalue weighted by atomic mass is 32.2. The zero-order valence-corrected chi connectivity index (χ0v) is 12.2. The molecule has 110 valence electrons. The Bertz CT molecular complexity index is 565. The zero-order chi connectivity index (χ0) is 14.6. The lowest BCUT2D eigenvalue weighted by Crippen LogP contribution is -2.29. The predicted molar refractivity (Wildman–Crippen MR) is 76.9 cm³/mol. The Labute approximate surface area is 119 Å². The van der Waals surface area contributed by atoms with E-state index < -0.39 is 10.0 Å². The molecule has 20 heavy (non-hydrogen) atoms. The first-order valence-electron chi connectivity index (χ1n) is 6.58. The molecule has 1 amide bonds. The maximum absolute atomic E-state index is 11.5. The molecule has 0 atom stereocenters. The van der Waals surface area contributed by atoms with Crippen molar-refractivity contribution in [3.8, 4) is 0 Å². The van der Waals surface area contributed by atoms with Gasteiger partial charge in [0.1, 0.15) is 0 Å². The largest absolute Gasteiger partial charge is 0.383 e. The lowest BCUT2D eigenvalue weighted by atomic mass is 10.3. The van der Waals surface area contributed by atoms with Crippen LogP contribution in [0.15, 0.2) is 29.2 Å². The van der Waals surface area contributed by atoms with E-state index in [4.69, 9.17) is 0 Å². The molecule has 7 heteroatoms. The maximum Gasteiger partial charge on any atom is 0.240 e. The SMILES string of the molecule is CNS(=O)(=O)c1ccc(NCCNC(=O)C2CC2)cc1. The van der Waals surface area contributed by atoms with Gasteiger partial charge in [-0.3, -0.25) is 4.79 Å². The van der Waals surface area contributed by atoms with Crippen molar-refractivity contribution in [1.82, 2.24) is 10.0 Å². The second kappa shape index (κ2) is 6.23. The lowest BCUT2D eigenvalue weighted by molar-refractivity contribution is -0.122. The van der Waals surface area contributed by atoms with Crippen molar-refractivity contribution < 1.29 is 13.2 Å². The van der Waals surface area contributed by atoms with Gasteiger partial charge in [0.2, 0.25) is 15.9 Å². The van der Waals surface area contributed by atoms with Crippen LogP contribution < -0.4 is 15.4 Å². The monoisotopic (exact) mass is 297 g/mol. The highest BCUT2D eigenvalue weighted by Crippen LogP contribution is 2.28. The number of carbonyl (C=O) groups is 1. The number of sulfonamides is 1. The summed E-state index contributed by atoms with van der Waals surface area (Å²) in [5.74, 6) is 0.350. The third-order valence-corrected chi connectivity index (χ3v) is 4.57. The van der Waals surface area contributed by atoms with Gasteiger partial charge in [-0.1, -0.05) is 0 Å². The van der Waals surface area contributed by atoms with Crippen LogP contribution in [0.1, 0.15) is 12.8 Å². The molecule has 1 aromatic carbocycles. The van der Waals surface area contributed by atoms with Crippen molar-refractivity contribution in [1.29, 1.82) is 0 Å². The summed E-state index contributed by atoms with van der Waals surface area (Å²) in [6.07, 6.45) is 2.00. The van der Waals surface area contributed by atoms with E-state index in [2.05, 4.69) is 15.4 Å². The fraction of sp³-hybridized carbons (Fsp3) is 0.462. The first-order valence-corrected chi connectivity index (χ1v) is 8.06. The Morgan fingerprint density at radius 1 is 1.20 bits per heavy atom. The molecule has 1 fully saturated rings. The highest BCUT2D eigenvalue weighted by Gasteiger charge is 2.28. The van der Waals surface area contributed by atoms with Gasteiger partial charge in [-0.05, 0) is 44.2 Å². The molecule has 1 aromatic rings. The molecule has 2 rings (SSSR count). The first-order chi connectivity index (χ1) is 9.53. The van der Waals surface area contributed by atoms with Gasteiger partial charge < -0.3 is 10.6 Å². The van der Waals surface area contributed by atoms with Crippen LogP contribution in [0.3, 0.4) is 0 Å². The molecule has 3 N–H and O–H groups in total. The average molecular weight is 297 g/mol. The van der Waals surface area contributed by atoms with Crippen LogP contribution in [-0.2, 0) is 14.8 Å². The second-order valence-corrected chi connectivity index (χ2v) is 6.61. The van der Waals surface area contributed by atoms with Crippen molar-refractivity contribution in [2.45, 2.75) is 17.7 Å². The summed E-state index contributed by atoms with van der Waals surface area (Å²) in [4.78, 5) is 11.6. The molecule has 1 saturated carbocycles. The van der Waals surface area contributed by atoms with E-state index in [1.165, 1.54) is 19.2 Å². The van der Waals surface area contributed by atoms with Crippen molar-refractivity contribution >= 4 is 21.6 Å². The summed E-state index contributed by atoms with van der Waals surface area (Å²) in [7, 11) is -2.01. The van der Waals surface area contributed by atoms with Gasteiger partial charge in [0.25, 0.3) is 0 Å². The van der Waals surface area contributed by atoms with Crippen molar-refractivity contribution in [2.24, 2.45) is 5.92 Å². The summed E-state index contributed by atoms with van der Waals surface area (Å²) in [5.41, 5.74) is 0.820. The number of anilines is 1. The van der Waals surface area contributed by atoms with E-state index in [1.807, 2.05) is 0 Å². The molecule has 1 aliphatic rings. The Kier molecular flexibility index (Phi) is 4.61. The normalized spacial score (nSPS) is 14.8. The van der Waals surface area contributed by atoms with Crippen LogP contribution in [-0.4, -0.2) is 34.5 Å². The topological polar surface area (TPSA) is 87.3 Å². The molecule has 0 unspecified atom stereocenters. The van der Waals surface area contributed by atoms with Gasteiger partial charge in [0.05, 0.1) is 4.90 Å². The fourth-order valence-electron chi connectivity index (χ4n) is 1.75. The van der Waals surface area contributed by atoms with E-state index in [-0.39, 0.29) is 16.7 Å². The Morgan fingerprint density at radius 3 is 2.40 bits per heavy atom. The van der Waals surface area contributed by atoms with E-state index in [0.29, 0.717) is 13.1 Å². The minimum atomic E-state index is -3.39. The number of nitrogens with one attached hydrogen (secondary N) is 3. The number of amides is 1. The second-order valence-electron chi connectivity index (χ2n) is 4.72.